The summed E-state index contributed by atoms with van der Waals surface area (Å²) in [5.41, 5.74) is 0.131. The van der Waals surface area contributed by atoms with Gasteiger partial charge in [0.2, 0.25) is 5.91 Å². The minimum atomic E-state index is -0.541. The first kappa shape index (κ1) is 12.6. The van der Waals surface area contributed by atoms with Gasteiger partial charge in [0.05, 0.1) is 10.6 Å². The fourth-order valence-electron chi connectivity index (χ4n) is 2.83. The second kappa shape index (κ2) is 4.59. The molecule has 0 N–H and O–H groups in total. The standard InChI is InChI=1S/C13H13N3O4/c17-12-8-9-5-2-6-14(9)13(18)15(12)10-3-1-4-11(7-10)16(19)20/h1,3-4,7,9H,2,5-6,8H2. The number of hydrogen-bond acceptors (Lipinski definition) is 4. The number of anilines is 1. The van der Waals surface area contributed by atoms with E-state index in [1.54, 1.807) is 11.0 Å². The molecule has 2 fully saturated rings. The molecule has 104 valence electrons. The molecule has 1 unspecified atom stereocenters. The molecule has 2 aliphatic heterocycles. The summed E-state index contributed by atoms with van der Waals surface area (Å²) < 4.78 is 0. The quantitative estimate of drug-likeness (QED) is 0.609. The third-order valence-electron chi connectivity index (χ3n) is 3.77. The molecule has 7 heteroatoms. The molecule has 2 heterocycles. The van der Waals surface area contributed by atoms with Crippen LogP contribution in [0, 0.1) is 10.1 Å². The van der Waals surface area contributed by atoms with Crippen molar-refractivity contribution in [2.24, 2.45) is 0 Å². The Kier molecular flexibility index (Phi) is 2.89. The molecule has 1 aromatic carbocycles. The maximum absolute atomic E-state index is 12.4. The molecule has 0 bridgehead atoms. The number of hydrogen-bond donors (Lipinski definition) is 0. The van der Waals surface area contributed by atoms with Crippen LogP contribution in [0.5, 0.6) is 0 Å². The number of fused-ring (bicyclic) bond motifs is 1. The van der Waals surface area contributed by atoms with Crippen LogP contribution in [0.15, 0.2) is 24.3 Å². The summed E-state index contributed by atoms with van der Waals surface area (Å²) in [6, 6.07) is 5.23. The second-order valence-corrected chi connectivity index (χ2v) is 4.98. The monoisotopic (exact) mass is 275 g/mol. The number of amides is 3. The molecule has 3 amide bonds. The third-order valence-corrected chi connectivity index (χ3v) is 3.77. The van der Waals surface area contributed by atoms with E-state index in [1.165, 1.54) is 18.2 Å². The lowest BCUT2D eigenvalue weighted by Crippen LogP contribution is -2.54. The van der Waals surface area contributed by atoms with Crippen LogP contribution in [-0.2, 0) is 4.79 Å². The molecule has 0 aliphatic carbocycles. The third kappa shape index (κ3) is 1.91. The number of nitrogens with zero attached hydrogens (tertiary/aromatic N) is 3. The van der Waals surface area contributed by atoms with Crippen LogP contribution < -0.4 is 4.90 Å². The molecular formula is C13H13N3O4. The Morgan fingerprint density at radius 3 is 2.85 bits per heavy atom. The summed E-state index contributed by atoms with van der Waals surface area (Å²) in [4.78, 5) is 37.5. The van der Waals surface area contributed by atoms with Gasteiger partial charge in [-0.2, -0.15) is 0 Å². The SMILES string of the molecule is O=C1CC2CCCN2C(=O)N1c1cccc([N+](=O)[O-])c1. The van der Waals surface area contributed by atoms with Crippen molar-refractivity contribution in [2.75, 3.05) is 11.4 Å². The lowest BCUT2D eigenvalue weighted by atomic mass is 10.1. The van der Waals surface area contributed by atoms with Crippen LogP contribution in [-0.4, -0.2) is 34.3 Å². The first-order valence-corrected chi connectivity index (χ1v) is 6.46. The summed E-state index contributed by atoms with van der Waals surface area (Å²) in [6.45, 7) is 0.641. The molecule has 0 aromatic heterocycles. The van der Waals surface area contributed by atoms with Crippen molar-refractivity contribution in [3.05, 3.63) is 34.4 Å². The normalized spacial score (nSPS) is 22.1. The molecule has 2 aliphatic rings. The molecule has 1 atom stereocenters. The van der Waals surface area contributed by atoms with Crippen molar-refractivity contribution in [3.8, 4) is 0 Å². The lowest BCUT2D eigenvalue weighted by Gasteiger charge is -2.35. The van der Waals surface area contributed by atoms with Crippen molar-refractivity contribution < 1.29 is 14.5 Å². The maximum atomic E-state index is 12.4. The Labute approximate surface area is 114 Å². The predicted molar refractivity (Wildman–Crippen MR) is 70.3 cm³/mol. The first-order chi connectivity index (χ1) is 9.58. The zero-order chi connectivity index (χ0) is 14.3. The highest BCUT2D eigenvalue weighted by Crippen LogP contribution is 2.31. The van der Waals surface area contributed by atoms with E-state index in [0.29, 0.717) is 6.54 Å². The Morgan fingerprint density at radius 2 is 2.10 bits per heavy atom. The highest BCUT2D eigenvalue weighted by Gasteiger charge is 2.41. The second-order valence-electron chi connectivity index (χ2n) is 4.98. The molecule has 2 saturated heterocycles. The Bertz CT molecular complexity index is 601. The maximum Gasteiger partial charge on any atom is 0.331 e. The average molecular weight is 275 g/mol. The van der Waals surface area contributed by atoms with Crippen LogP contribution >= 0.6 is 0 Å². The van der Waals surface area contributed by atoms with E-state index in [4.69, 9.17) is 0 Å². The summed E-state index contributed by atoms with van der Waals surface area (Å²) in [6.07, 6.45) is 2.03. The zero-order valence-electron chi connectivity index (χ0n) is 10.7. The van der Waals surface area contributed by atoms with Gasteiger partial charge in [-0.25, -0.2) is 9.69 Å². The van der Waals surface area contributed by atoms with Gasteiger partial charge in [0.25, 0.3) is 5.69 Å². The molecular weight excluding hydrogens is 262 g/mol. The van der Waals surface area contributed by atoms with Crippen molar-refractivity contribution in [1.82, 2.24) is 4.90 Å². The average Bonchev–Trinajstić information content (AvgIpc) is 2.87. The van der Waals surface area contributed by atoms with E-state index in [9.17, 15) is 19.7 Å². The van der Waals surface area contributed by atoms with Crippen LogP contribution in [0.25, 0.3) is 0 Å². The molecule has 7 nitrogen and oxygen atoms in total. The molecule has 20 heavy (non-hydrogen) atoms. The number of imide groups is 1. The fourth-order valence-corrected chi connectivity index (χ4v) is 2.83. The number of carbonyl (C=O) groups excluding carboxylic acids is 2. The van der Waals surface area contributed by atoms with Gasteiger partial charge in [-0.15, -0.1) is 0 Å². The van der Waals surface area contributed by atoms with E-state index in [1.807, 2.05) is 0 Å². The molecule has 0 saturated carbocycles. The summed E-state index contributed by atoms with van der Waals surface area (Å²) in [5, 5.41) is 10.8. The van der Waals surface area contributed by atoms with Crippen LogP contribution in [0.2, 0.25) is 0 Å². The smallest absolute Gasteiger partial charge is 0.320 e. The number of carbonyl (C=O) groups is 2. The van der Waals surface area contributed by atoms with E-state index in [2.05, 4.69) is 0 Å². The molecule has 3 rings (SSSR count). The van der Waals surface area contributed by atoms with E-state index in [0.717, 1.165) is 17.7 Å². The first-order valence-electron chi connectivity index (χ1n) is 6.46. The Hall–Kier alpha value is -2.44. The van der Waals surface area contributed by atoms with Gasteiger partial charge in [0.1, 0.15) is 0 Å². The van der Waals surface area contributed by atoms with Crippen LogP contribution in [0.3, 0.4) is 0 Å². The zero-order valence-corrected chi connectivity index (χ0v) is 10.7. The predicted octanol–water partition coefficient (Wildman–Crippen LogP) is 1.92. The van der Waals surface area contributed by atoms with Crippen molar-refractivity contribution in [2.45, 2.75) is 25.3 Å². The van der Waals surface area contributed by atoms with Gasteiger partial charge in [-0.3, -0.25) is 14.9 Å². The lowest BCUT2D eigenvalue weighted by molar-refractivity contribution is -0.384. The molecule has 0 radical (unpaired) electrons. The minimum absolute atomic E-state index is 0.00931. The highest BCUT2D eigenvalue weighted by molar-refractivity contribution is 6.16. The number of rotatable bonds is 2. The Balaban J connectivity index is 1.96. The Morgan fingerprint density at radius 1 is 1.30 bits per heavy atom. The van der Waals surface area contributed by atoms with Gasteiger partial charge in [0, 0.05) is 31.1 Å². The van der Waals surface area contributed by atoms with Gasteiger partial charge >= 0.3 is 6.03 Å². The van der Waals surface area contributed by atoms with Gasteiger partial charge in [-0.05, 0) is 18.9 Å². The molecule has 1 aromatic rings. The topological polar surface area (TPSA) is 83.8 Å². The van der Waals surface area contributed by atoms with Crippen molar-refractivity contribution in [3.63, 3.8) is 0 Å². The number of nitro benzene ring substituents is 1. The highest BCUT2D eigenvalue weighted by atomic mass is 16.6. The fraction of sp³-hybridized carbons (Fsp3) is 0.385. The van der Waals surface area contributed by atoms with E-state index >= 15 is 0 Å². The van der Waals surface area contributed by atoms with Crippen LogP contribution in [0.4, 0.5) is 16.2 Å². The number of non-ortho nitro benzene ring substituents is 1. The number of nitro groups is 1. The van der Waals surface area contributed by atoms with E-state index in [-0.39, 0.29) is 35.8 Å². The van der Waals surface area contributed by atoms with Gasteiger partial charge in [-0.1, -0.05) is 6.07 Å². The van der Waals surface area contributed by atoms with Gasteiger partial charge < -0.3 is 4.90 Å². The van der Waals surface area contributed by atoms with E-state index < -0.39 is 4.92 Å². The number of benzene rings is 1. The minimum Gasteiger partial charge on any atom is -0.320 e. The van der Waals surface area contributed by atoms with Gasteiger partial charge in [0.15, 0.2) is 0 Å². The summed E-state index contributed by atoms with van der Waals surface area (Å²) in [5.74, 6) is -0.293. The van der Waals surface area contributed by atoms with Crippen LogP contribution in [0.1, 0.15) is 19.3 Å². The van der Waals surface area contributed by atoms with Crippen molar-refractivity contribution in [1.29, 1.82) is 0 Å². The molecule has 0 spiro atoms. The summed E-state index contributed by atoms with van der Waals surface area (Å²) in [7, 11) is 0. The summed E-state index contributed by atoms with van der Waals surface area (Å²) >= 11 is 0. The van der Waals surface area contributed by atoms with Crippen molar-refractivity contribution >= 4 is 23.3 Å². The number of urea groups is 1. The largest absolute Gasteiger partial charge is 0.331 e.